The maximum atomic E-state index is 12.8. The van der Waals surface area contributed by atoms with Gasteiger partial charge in [-0.05, 0) is 43.5 Å². The van der Waals surface area contributed by atoms with Gasteiger partial charge in [0.25, 0.3) is 5.91 Å². The number of benzene rings is 1. The van der Waals surface area contributed by atoms with Crippen LogP contribution in [0.3, 0.4) is 0 Å². The van der Waals surface area contributed by atoms with Gasteiger partial charge in [-0.3, -0.25) is 4.79 Å². The van der Waals surface area contributed by atoms with Gasteiger partial charge in [-0.1, -0.05) is 0 Å². The molecule has 0 saturated carbocycles. The molecule has 1 aromatic rings. The van der Waals surface area contributed by atoms with Crippen LogP contribution in [-0.2, 0) is 0 Å². The number of rotatable bonds is 2. The van der Waals surface area contributed by atoms with E-state index in [0.29, 0.717) is 18.0 Å². The Morgan fingerprint density at radius 3 is 2.65 bits per heavy atom. The minimum Gasteiger partial charge on any atom is -0.338 e. The second kappa shape index (κ2) is 4.84. The van der Waals surface area contributed by atoms with Crippen LogP contribution in [0.15, 0.2) is 24.3 Å². The summed E-state index contributed by atoms with van der Waals surface area (Å²) >= 11 is 0. The zero-order valence-electron chi connectivity index (χ0n) is 9.90. The van der Waals surface area contributed by atoms with Crippen LogP contribution < -0.4 is 5.73 Å². The zero-order chi connectivity index (χ0) is 12.4. The predicted molar refractivity (Wildman–Crippen MR) is 64.1 cm³/mol. The van der Waals surface area contributed by atoms with Crippen molar-refractivity contribution in [2.24, 2.45) is 11.7 Å². The number of halogens is 1. The highest BCUT2D eigenvalue weighted by Gasteiger charge is 2.28. The number of likely N-dealkylation sites (tertiary alicyclic amines) is 1. The summed E-state index contributed by atoms with van der Waals surface area (Å²) in [6, 6.07) is 5.79. The summed E-state index contributed by atoms with van der Waals surface area (Å²) in [6.07, 6.45) is 0.949. The van der Waals surface area contributed by atoms with Gasteiger partial charge in [0.05, 0.1) is 0 Å². The summed E-state index contributed by atoms with van der Waals surface area (Å²) in [6.45, 7) is 3.41. The Kier molecular flexibility index (Phi) is 3.43. The first-order valence-corrected chi connectivity index (χ1v) is 5.88. The van der Waals surface area contributed by atoms with E-state index < -0.39 is 0 Å². The molecule has 2 atom stereocenters. The molecule has 92 valence electrons. The van der Waals surface area contributed by atoms with Crippen LogP contribution in [0.2, 0.25) is 0 Å². The van der Waals surface area contributed by atoms with Gasteiger partial charge in [-0.15, -0.1) is 0 Å². The largest absolute Gasteiger partial charge is 0.338 e. The van der Waals surface area contributed by atoms with Crippen molar-refractivity contribution in [1.82, 2.24) is 4.90 Å². The average Bonchev–Trinajstić information content (AvgIpc) is 2.78. The fourth-order valence-corrected chi connectivity index (χ4v) is 2.18. The Hall–Kier alpha value is -1.42. The molecule has 4 heteroatoms. The van der Waals surface area contributed by atoms with E-state index in [0.717, 1.165) is 13.0 Å². The molecule has 1 aliphatic rings. The summed E-state index contributed by atoms with van der Waals surface area (Å²) < 4.78 is 12.8. The zero-order valence-corrected chi connectivity index (χ0v) is 9.90. The van der Waals surface area contributed by atoms with Crippen molar-refractivity contribution >= 4 is 5.91 Å². The quantitative estimate of drug-likeness (QED) is 0.848. The summed E-state index contributed by atoms with van der Waals surface area (Å²) in [4.78, 5) is 13.9. The molecule has 2 N–H and O–H groups in total. The van der Waals surface area contributed by atoms with E-state index in [1.165, 1.54) is 24.3 Å². The molecule has 2 unspecified atom stereocenters. The molecule has 17 heavy (non-hydrogen) atoms. The molecule has 1 aromatic carbocycles. The highest BCUT2D eigenvalue weighted by molar-refractivity contribution is 5.94. The molecule has 0 aliphatic carbocycles. The lowest BCUT2D eigenvalue weighted by molar-refractivity contribution is 0.0786. The van der Waals surface area contributed by atoms with Crippen molar-refractivity contribution in [1.29, 1.82) is 0 Å². The Morgan fingerprint density at radius 2 is 2.12 bits per heavy atom. The van der Waals surface area contributed by atoms with E-state index in [-0.39, 0.29) is 17.8 Å². The van der Waals surface area contributed by atoms with Crippen molar-refractivity contribution in [2.45, 2.75) is 19.4 Å². The van der Waals surface area contributed by atoms with Crippen LogP contribution >= 0.6 is 0 Å². The third-order valence-corrected chi connectivity index (χ3v) is 3.35. The standard InChI is InChI=1S/C13H17FN2O/c1-9(15)11-6-7-16(8-11)13(17)10-2-4-12(14)5-3-10/h2-5,9,11H,6-8,15H2,1H3. The van der Waals surface area contributed by atoms with Gasteiger partial charge in [0.2, 0.25) is 0 Å². The molecular weight excluding hydrogens is 219 g/mol. The number of amides is 1. The normalized spacial score (nSPS) is 21.6. The smallest absolute Gasteiger partial charge is 0.253 e. The van der Waals surface area contributed by atoms with Gasteiger partial charge in [-0.2, -0.15) is 0 Å². The lowest BCUT2D eigenvalue weighted by Gasteiger charge is -2.18. The number of hydrogen-bond donors (Lipinski definition) is 1. The summed E-state index contributed by atoms with van der Waals surface area (Å²) in [7, 11) is 0. The first kappa shape index (κ1) is 12.0. The molecule has 3 nitrogen and oxygen atoms in total. The van der Waals surface area contributed by atoms with Crippen molar-refractivity contribution in [3.63, 3.8) is 0 Å². The van der Waals surface area contributed by atoms with Gasteiger partial charge >= 0.3 is 0 Å². The predicted octanol–water partition coefficient (Wildman–Crippen LogP) is 1.64. The van der Waals surface area contributed by atoms with Gasteiger partial charge in [-0.25, -0.2) is 4.39 Å². The molecule has 2 rings (SSSR count). The van der Waals surface area contributed by atoms with Crippen LogP contribution in [-0.4, -0.2) is 29.9 Å². The lowest BCUT2D eigenvalue weighted by atomic mass is 10.0. The molecular formula is C13H17FN2O. The minimum atomic E-state index is -0.323. The molecule has 0 radical (unpaired) electrons. The Balaban J connectivity index is 2.04. The maximum absolute atomic E-state index is 12.8. The third kappa shape index (κ3) is 2.64. The number of carbonyl (C=O) groups is 1. The first-order valence-electron chi connectivity index (χ1n) is 5.88. The first-order chi connectivity index (χ1) is 8.08. The molecule has 1 fully saturated rings. The average molecular weight is 236 g/mol. The number of nitrogens with two attached hydrogens (primary N) is 1. The van der Waals surface area contributed by atoms with Gasteiger partial charge in [0, 0.05) is 24.7 Å². The van der Waals surface area contributed by atoms with Crippen LogP contribution in [0.25, 0.3) is 0 Å². The summed E-state index contributed by atoms with van der Waals surface area (Å²) in [5.41, 5.74) is 6.37. The van der Waals surface area contributed by atoms with Crippen molar-refractivity contribution in [3.8, 4) is 0 Å². The highest BCUT2D eigenvalue weighted by Crippen LogP contribution is 2.20. The Bertz CT molecular complexity index is 402. The third-order valence-electron chi connectivity index (χ3n) is 3.35. The number of carbonyl (C=O) groups excluding carboxylic acids is 1. The van der Waals surface area contributed by atoms with Crippen LogP contribution in [0.4, 0.5) is 4.39 Å². The van der Waals surface area contributed by atoms with E-state index in [1.54, 1.807) is 4.90 Å². The Morgan fingerprint density at radius 1 is 1.47 bits per heavy atom. The summed E-state index contributed by atoms with van der Waals surface area (Å²) in [5, 5.41) is 0. The second-order valence-corrected chi connectivity index (χ2v) is 4.67. The lowest BCUT2D eigenvalue weighted by Crippen LogP contribution is -2.32. The summed E-state index contributed by atoms with van der Waals surface area (Å²) in [5.74, 6) is 0.0176. The van der Waals surface area contributed by atoms with E-state index in [2.05, 4.69) is 0 Å². The van der Waals surface area contributed by atoms with E-state index in [1.807, 2.05) is 6.92 Å². The van der Waals surface area contributed by atoms with E-state index in [4.69, 9.17) is 5.73 Å². The second-order valence-electron chi connectivity index (χ2n) is 4.67. The SMILES string of the molecule is CC(N)C1CCN(C(=O)c2ccc(F)cc2)C1. The van der Waals surface area contributed by atoms with Crippen LogP contribution in [0.1, 0.15) is 23.7 Å². The number of nitrogens with zero attached hydrogens (tertiary/aromatic N) is 1. The van der Waals surface area contributed by atoms with Gasteiger partial charge in [0.15, 0.2) is 0 Å². The van der Waals surface area contributed by atoms with Gasteiger partial charge in [0.1, 0.15) is 5.82 Å². The molecule has 0 spiro atoms. The monoisotopic (exact) mass is 236 g/mol. The fourth-order valence-electron chi connectivity index (χ4n) is 2.18. The maximum Gasteiger partial charge on any atom is 0.253 e. The topological polar surface area (TPSA) is 46.3 Å². The molecule has 1 aliphatic heterocycles. The van der Waals surface area contributed by atoms with E-state index >= 15 is 0 Å². The molecule has 0 aromatic heterocycles. The van der Waals surface area contributed by atoms with Crippen molar-refractivity contribution in [2.75, 3.05) is 13.1 Å². The molecule has 1 heterocycles. The highest BCUT2D eigenvalue weighted by atomic mass is 19.1. The van der Waals surface area contributed by atoms with Crippen molar-refractivity contribution < 1.29 is 9.18 Å². The Labute approximate surface area is 100 Å². The van der Waals surface area contributed by atoms with Crippen LogP contribution in [0.5, 0.6) is 0 Å². The molecule has 1 saturated heterocycles. The molecule has 0 bridgehead atoms. The van der Waals surface area contributed by atoms with Crippen LogP contribution in [0, 0.1) is 11.7 Å². The fraction of sp³-hybridized carbons (Fsp3) is 0.462. The number of hydrogen-bond acceptors (Lipinski definition) is 2. The molecule has 1 amide bonds. The minimum absolute atomic E-state index is 0.0341. The van der Waals surface area contributed by atoms with E-state index in [9.17, 15) is 9.18 Å². The van der Waals surface area contributed by atoms with Gasteiger partial charge < -0.3 is 10.6 Å². The van der Waals surface area contributed by atoms with Crippen molar-refractivity contribution in [3.05, 3.63) is 35.6 Å².